The van der Waals surface area contributed by atoms with Crippen molar-refractivity contribution in [3.05, 3.63) is 65.2 Å². The van der Waals surface area contributed by atoms with Crippen LogP contribution in [0.5, 0.6) is 0 Å². The van der Waals surface area contributed by atoms with E-state index in [1.54, 1.807) is 12.5 Å². The van der Waals surface area contributed by atoms with Crippen LogP contribution in [-0.4, -0.2) is 25.4 Å². The first kappa shape index (κ1) is 16.9. The zero-order chi connectivity index (χ0) is 17.6. The Kier molecular flexibility index (Phi) is 5.23. The van der Waals surface area contributed by atoms with Crippen LogP contribution < -0.4 is 10.6 Å². The van der Waals surface area contributed by atoms with Crippen molar-refractivity contribution in [1.29, 1.82) is 0 Å². The van der Waals surface area contributed by atoms with Gasteiger partial charge in [-0.1, -0.05) is 37.3 Å². The summed E-state index contributed by atoms with van der Waals surface area (Å²) in [7, 11) is 0. The van der Waals surface area contributed by atoms with Crippen LogP contribution in [0.2, 0.25) is 0 Å². The van der Waals surface area contributed by atoms with E-state index in [2.05, 4.69) is 57.5 Å². The minimum Gasteiger partial charge on any atom is -0.244 e. The lowest BCUT2D eigenvalue weighted by Gasteiger charge is -1.99. The molecule has 1 atom stereocenters. The average Bonchev–Trinajstić information content (AvgIpc) is 2.82. The summed E-state index contributed by atoms with van der Waals surface area (Å²) in [6.07, 6.45) is 13.0. The number of fused-ring (bicyclic) bond motifs is 2. The van der Waals surface area contributed by atoms with E-state index in [1.165, 1.54) is 11.1 Å². The second kappa shape index (κ2) is 7.75. The van der Waals surface area contributed by atoms with Gasteiger partial charge in [0.05, 0.1) is 17.1 Å². The predicted molar refractivity (Wildman–Crippen MR) is 99.8 cm³/mol. The van der Waals surface area contributed by atoms with Crippen molar-refractivity contribution in [1.82, 2.24) is 25.4 Å². The number of benzene rings is 1. The molecule has 2 aromatic heterocycles. The fraction of sp³-hybridized carbons (Fsp3) is 0.250. The third-order valence-corrected chi connectivity index (χ3v) is 4.30. The number of aryl methyl sites for hydroxylation is 1. The molecule has 0 amide bonds. The Labute approximate surface area is 146 Å². The summed E-state index contributed by atoms with van der Waals surface area (Å²) < 4.78 is 0. The van der Waals surface area contributed by atoms with Crippen LogP contribution in [0.3, 0.4) is 0 Å². The molecule has 25 heavy (non-hydrogen) atoms. The van der Waals surface area contributed by atoms with E-state index in [-0.39, 0.29) is 0 Å². The minimum absolute atomic E-state index is 0.501. The fourth-order valence-corrected chi connectivity index (χ4v) is 2.72. The van der Waals surface area contributed by atoms with Crippen molar-refractivity contribution in [2.24, 2.45) is 5.92 Å². The molecule has 5 nitrogen and oxygen atoms in total. The summed E-state index contributed by atoms with van der Waals surface area (Å²) in [5.74, 6) is 0.501. The lowest BCUT2D eigenvalue weighted by atomic mass is 10.1. The van der Waals surface area contributed by atoms with E-state index in [1.807, 2.05) is 31.3 Å². The van der Waals surface area contributed by atoms with Crippen molar-refractivity contribution >= 4 is 22.6 Å². The maximum atomic E-state index is 4.30. The first-order valence-electron chi connectivity index (χ1n) is 8.39. The van der Waals surface area contributed by atoms with Crippen LogP contribution in [-0.2, 0) is 0 Å². The van der Waals surface area contributed by atoms with Gasteiger partial charge < -0.3 is 0 Å². The minimum atomic E-state index is 0.501. The van der Waals surface area contributed by atoms with Crippen LogP contribution in [0.4, 0.5) is 0 Å². The molecule has 0 fully saturated rings. The van der Waals surface area contributed by atoms with Gasteiger partial charge in [-0.05, 0) is 48.6 Å². The number of hydrogen-bond acceptors (Lipinski definition) is 5. The Morgan fingerprint density at radius 1 is 1.12 bits per heavy atom. The molecule has 5 heteroatoms. The highest BCUT2D eigenvalue weighted by Gasteiger charge is 2.02. The lowest BCUT2D eigenvalue weighted by Crippen LogP contribution is -2.29. The highest BCUT2D eigenvalue weighted by atomic mass is 15.3. The molecule has 4 rings (SSSR count). The molecule has 3 aromatic rings. The molecule has 0 N–H and O–H groups in total. The van der Waals surface area contributed by atoms with Crippen molar-refractivity contribution in [3.8, 4) is 0 Å². The Morgan fingerprint density at radius 2 is 2.00 bits per heavy atom. The zero-order valence-corrected chi connectivity index (χ0v) is 14.7. The van der Waals surface area contributed by atoms with Gasteiger partial charge in [0.15, 0.2) is 0 Å². The lowest BCUT2D eigenvalue weighted by molar-refractivity contribution is 0.809. The molecule has 2 heterocycles. The van der Waals surface area contributed by atoms with Gasteiger partial charge in [-0.3, -0.25) is 0 Å². The number of nitrogens with zero attached hydrogens (tertiary/aromatic N) is 5. The highest BCUT2D eigenvalue weighted by molar-refractivity contribution is 5.80. The number of hydrogen-bond donors (Lipinski definition) is 0. The van der Waals surface area contributed by atoms with E-state index in [9.17, 15) is 0 Å². The Bertz CT molecular complexity index is 1020. The van der Waals surface area contributed by atoms with Crippen LogP contribution in [0.1, 0.15) is 25.8 Å². The molecule has 1 aromatic carbocycles. The third-order valence-electron chi connectivity index (χ3n) is 4.30. The van der Waals surface area contributed by atoms with E-state index in [0.29, 0.717) is 5.92 Å². The fourth-order valence-electron chi connectivity index (χ4n) is 2.72. The largest absolute Gasteiger partial charge is 0.244 e. The summed E-state index contributed by atoms with van der Waals surface area (Å²) in [6, 6.07) is 5.93. The predicted octanol–water partition coefficient (Wildman–Crippen LogP) is 2.36. The monoisotopic (exact) mass is 331 g/mol. The molecule has 0 bridgehead atoms. The van der Waals surface area contributed by atoms with Gasteiger partial charge in [-0.25, -0.2) is 9.97 Å². The normalized spacial score (nSPS) is 15.6. The maximum Gasteiger partial charge on any atom is 0.116 e. The summed E-state index contributed by atoms with van der Waals surface area (Å²) in [4.78, 5) is 8.36. The van der Waals surface area contributed by atoms with E-state index in [0.717, 1.165) is 27.9 Å². The summed E-state index contributed by atoms with van der Waals surface area (Å²) in [5.41, 5.74) is 3.33. The smallest absolute Gasteiger partial charge is 0.116 e. The van der Waals surface area contributed by atoms with Gasteiger partial charge >= 0.3 is 0 Å². The first-order chi connectivity index (χ1) is 12.2. The van der Waals surface area contributed by atoms with Gasteiger partial charge in [0.2, 0.25) is 0 Å². The van der Waals surface area contributed by atoms with Crippen molar-refractivity contribution in [2.45, 2.75) is 27.2 Å². The number of aromatic nitrogens is 5. The van der Waals surface area contributed by atoms with Gasteiger partial charge in [0, 0.05) is 16.8 Å². The van der Waals surface area contributed by atoms with E-state index < -0.39 is 0 Å². The van der Waals surface area contributed by atoms with E-state index >= 15 is 0 Å². The molecule has 0 saturated carbocycles. The molecule has 0 spiro atoms. The standard InChI is InChI=1S/C12H14N2.C8H7N3/c1-3-10-5-4-9(2)11-7-13-8-14-12(11)6-10;1-6-3-2-4-8-7(6)5-9-11-10-8/h4-8,10H,3H2,1-2H3;2-5H,1H3. The van der Waals surface area contributed by atoms with Crippen LogP contribution in [0, 0.1) is 12.8 Å². The summed E-state index contributed by atoms with van der Waals surface area (Å²) in [6.45, 7) is 6.32. The second-order valence-corrected chi connectivity index (χ2v) is 6.04. The van der Waals surface area contributed by atoms with Gasteiger partial charge in [0.25, 0.3) is 0 Å². The Morgan fingerprint density at radius 3 is 2.80 bits per heavy atom. The first-order valence-corrected chi connectivity index (χ1v) is 8.39. The molecule has 1 unspecified atom stereocenters. The summed E-state index contributed by atoms with van der Waals surface area (Å²) in [5, 5.41) is 14.4. The van der Waals surface area contributed by atoms with Crippen molar-refractivity contribution in [3.63, 3.8) is 0 Å². The topological polar surface area (TPSA) is 64.5 Å². The van der Waals surface area contributed by atoms with Crippen LogP contribution >= 0.6 is 0 Å². The second-order valence-electron chi connectivity index (χ2n) is 6.04. The van der Waals surface area contributed by atoms with Gasteiger partial charge in [-0.2, -0.15) is 0 Å². The molecule has 1 aliphatic rings. The molecule has 0 radical (unpaired) electrons. The van der Waals surface area contributed by atoms with Crippen LogP contribution in [0.15, 0.2) is 49.1 Å². The third kappa shape index (κ3) is 3.94. The van der Waals surface area contributed by atoms with Crippen LogP contribution in [0.25, 0.3) is 22.6 Å². The van der Waals surface area contributed by atoms with Crippen molar-refractivity contribution < 1.29 is 0 Å². The molecular weight excluding hydrogens is 310 g/mol. The number of rotatable bonds is 1. The van der Waals surface area contributed by atoms with E-state index in [4.69, 9.17) is 0 Å². The molecule has 1 aliphatic carbocycles. The van der Waals surface area contributed by atoms with Gasteiger partial charge in [0.1, 0.15) is 6.33 Å². The maximum absolute atomic E-state index is 4.30. The Hall–Kier alpha value is -2.95. The van der Waals surface area contributed by atoms with Crippen molar-refractivity contribution in [2.75, 3.05) is 0 Å². The Balaban J connectivity index is 0.000000150. The average molecular weight is 331 g/mol. The summed E-state index contributed by atoms with van der Waals surface area (Å²) >= 11 is 0. The molecule has 126 valence electrons. The SMILES string of the molecule is CCC1C=CC(C)=c2cncnc2=C1.Cc1cccc2nnncc12. The molecule has 0 saturated heterocycles. The molecular formula is C20H21N5. The van der Waals surface area contributed by atoms with Gasteiger partial charge in [-0.15, -0.1) is 10.2 Å². The quantitative estimate of drug-likeness (QED) is 0.685. The molecule has 0 aliphatic heterocycles. The zero-order valence-electron chi connectivity index (χ0n) is 14.7. The number of allylic oxidation sites excluding steroid dienone is 2. The highest BCUT2D eigenvalue weighted by Crippen LogP contribution is 2.12.